The van der Waals surface area contributed by atoms with Crippen LogP contribution in [0.1, 0.15) is 0 Å². The molecule has 0 bridgehead atoms. The molecule has 0 heterocycles. The Kier molecular flexibility index (Phi) is 203. The zero-order valence-electron chi connectivity index (χ0n) is 1.83. The first-order valence-corrected chi connectivity index (χ1v) is 2.44. The summed E-state index contributed by atoms with van der Waals surface area (Å²) in [7, 11) is 0. The van der Waals surface area contributed by atoms with Crippen LogP contribution in [-0.2, 0) is 14.2 Å². The van der Waals surface area contributed by atoms with Crippen molar-refractivity contribution in [2.75, 3.05) is 0 Å². The molecule has 0 aromatic heterocycles. The van der Waals surface area contributed by atoms with Crippen LogP contribution in [0.2, 0.25) is 0 Å². The van der Waals surface area contributed by atoms with Gasteiger partial charge in [0, 0.05) is 0 Å². The predicted octanol–water partition coefficient (Wildman–Crippen LogP) is 2.28. The van der Waals surface area contributed by atoms with Crippen LogP contribution >= 0.6 is 14.1 Å². The fourth-order valence-corrected chi connectivity index (χ4v) is 0. The van der Waals surface area contributed by atoms with E-state index in [-0.39, 0.29) is 12.3 Å². The van der Waals surface area contributed by atoms with Crippen molar-refractivity contribution >= 4 is 14.1 Å². The van der Waals surface area contributed by atoms with Crippen LogP contribution in [0.15, 0.2) is 0 Å². The first-order valence-electron chi connectivity index (χ1n) is 0.114. The van der Waals surface area contributed by atoms with Gasteiger partial charge in [0.2, 0.25) is 0 Å². The molecule has 0 saturated heterocycles. The van der Waals surface area contributed by atoms with Gasteiger partial charge in [-0.25, -0.2) is 0 Å². The Morgan fingerprint density at radius 2 is 1.00 bits per heavy atom. The van der Waals surface area contributed by atoms with Crippen molar-refractivity contribution in [3.05, 3.63) is 12.3 Å². The van der Waals surface area contributed by atoms with Crippen LogP contribution in [0.5, 0.6) is 0 Å². The zero-order chi connectivity index (χ0) is 2.00. The third kappa shape index (κ3) is 12.7. The molecule has 0 aromatic rings. The minimum absolute atomic E-state index is 0. The Morgan fingerprint density at radius 3 is 1.00 bits per heavy atom. The average molecular weight is 175 g/mol. The van der Waals surface area contributed by atoms with Gasteiger partial charge in [-0.1, -0.05) is 0 Å². The van der Waals surface area contributed by atoms with Gasteiger partial charge in [0.15, 0.2) is 0 Å². The maximum atomic E-state index is 4.00. The van der Waals surface area contributed by atoms with Gasteiger partial charge in [-0.05, 0) is 0 Å². The van der Waals surface area contributed by atoms with E-state index >= 15 is 0 Å². The third-order valence-corrected chi connectivity index (χ3v) is 0. The number of halogens is 1. The van der Waals surface area contributed by atoms with Crippen molar-refractivity contribution in [2.24, 2.45) is 0 Å². The minimum atomic E-state index is 0. The zero-order valence-corrected chi connectivity index (χ0v) is 4.36. The fraction of sp³-hybridized carbons (Fsp3) is 0. The topological polar surface area (TPSA) is 67.0 Å². The molecular weight excluding hydrogens is 171 g/mol. The summed E-state index contributed by atoms with van der Waals surface area (Å²) < 4.78 is 0. The second kappa shape index (κ2) is 39.5. The maximum absolute atomic E-state index is 4.00. The first kappa shape index (κ1) is 20.5. The van der Waals surface area contributed by atoms with Crippen molar-refractivity contribution in [1.29, 1.82) is 0 Å². The number of nitrogens with two attached hydrogens (primary N) is 2. The van der Waals surface area contributed by atoms with Crippen molar-refractivity contribution in [3.8, 4) is 0 Å². The maximum Gasteiger partial charge on any atom is -0.693 e. The van der Waals surface area contributed by atoms with Crippen molar-refractivity contribution in [1.82, 2.24) is 0 Å². The summed E-state index contributed by atoms with van der Waals surface area (Å²) in [5.41, 5.74) is 0. The fourth-order valence-electron chi connectivity index (χ4n) is 0. The molecule has 4 heteroatoms. The normalized spacial score (nSPS) is 1.75. The molecule has 4 N–H and O–H groups in total. The molecule has 0 radical (unpaired) electrons. The van der Waals surface area contributed by atoms with Gasteiger partial charge in [-0.2, -0.15) is 0 Å². The average Bonchev–Trinajstić information content (AvgIpc) is 1.00. The molecule has 0 fully saturated rings. The summed E-state index contributed by atoms with van der Waals surface area (Å²) in [4.78, 5) is 0. The second-order valence-corrected chi connectivity index (χ2v) is 0. The standard InChI is InChI=1S/BrH.Cu.2H2N/h1H;;2*1H2/q;+1;2*-1/p-1. The SMILES string of the molecule is [Cu][Br].[NH2-].[NH2-]. The monoisotopic (exact) mass is 174 g/mol. The van der Waals surface area contributed by atoms with Crippen LogP contribution in [0.25, 0.3) is 12.3 Å². The minimum Gasteiger partial charge on any atom is -0.693 e. The second-order valence-electron chi connectivity index (χ2n) is 0. The molecule has 0 saturated carbocycles. The Morgan fingerprint density at radius 1 is 1.00 bits per heavy atom. The number of hydrogen-bond acceptors (Lipinski definition) is 0. The Labute approximate surface area is 41.0 Å². The van der Waals surface area contributed by atoms with Crippen molar-refractivity contribution in [2.45, 2.75) is 0 Å². The summed E-state index contributed by atoms with van der Waals surface area (Å²) in [6.45, 7) is 0. The predicted molar refractivity (Wildman–Crippen MR) is 19.5 cm³/mol. The Hall–Kier alpha value is 0.919. The van der Waals surface area contributed by atoms with Crippen molar-refractivity contribution in [3.63, 3.8) is 0 Å². The molecular formula is H4BrCuN2-2. The number of hydrogen-bond donors (Lipinski definition) is 0. The van der Waals surface area contributed by atoms with Crippen LogP contribution in [0.4, 0.5) is 0 Å². The quantitative estimate of drug-likeness (QED) is 0.507. The molecule has 0 spiro atoms. The van der Waals surface area contributed by atoms with E-state index in [1.165, 1.54) is 0 Å². The van der Waals surface area contributed by atoms with Gasteiger partial charge in [-0.15, -0.1) is 0 Å². The Balaban J connectivity index is -0.00000000500. The van der Waals surface area contributed by atoms with E-state index in [0.717, 1.165) is 0 Å². The van der Waals surface area contributed by atoms with E-state index in [4.69, 9.17) is 0 Å². The molecule has 4 heavy (non-hydrogen) atoms. The van der Waals surface area contributed by atoms with Crippen LogP contribution in [0, 0.1) is 0 Å². The molecule has 0 aliphatic carbocycles. The molecule has 0 aromatic carbocycles. The smallest absolute Gasteiger partial charge is 0.693 e. The summed E-state index contributed by atoms with van der Waals surface area (Å²) in [6.07, 6.45) is 0. The molecule has 0 unspecified atom stereocenters. The number of rotatable bonds is 0. The van der Waals surface area contributed by atoms with E-state index in [2.05, 4.69) is 28.3 Å². The van der Waals surface area contributed by atoms with Crippen LogP contribution < -0.4 is 0 Å². The van der Waals surface area contributed by atoms with Gasteiger partial charge in [-0.3, -0.25) is 0 Å². The van der Waals surface area contributed by atoms with Gasteiger partial charge in [0.1, 0.15) is 0 Å². The largest absolute Gasteiger partial charge is 0.693 e. The summed E-state index contributed by atoms with van der Waals surface area (Å²) in [5.74, 6) is 0. The first-order chi connectivity index (χ1) is 1.00. The van der Waals surface area contributed by atoms with E-state index in [0.29, 0.717) is 0 Å². The van der Waals surface area contributed by atoms with Crippen LogP contribution in [-0.4, -0.2) is 0 Å². The molecule has 34 valence electrons. The van der Waals surface area contributed by atoms with E-state index < -0.39 is 0 Å². The molecule has 0 amide bonds. The van der Waals surface area contributed by atoms with Crippen molar-refractivity contribution < 1.29 is 14.2 Å². The van der Waals surface area contributed by atoms with Gasteiger partial charge < -0.3 is 12.3 Å². The third-order valence-electron chi connectivity index (χ3n) is 0. The van der Waals surface area contributed by atoms with E-state index in [1.54, 1.807) is 0 Å². The van der Waals surface area contributed by atoms with Gasteiger partial charge in [0.05, 0.1) is 0 Å². The Bertz CT molecular complexity index is 6.00. The molecule has 0 atom stereocenters. The summed E-state index contributed by atoms with van der Waals surface area (Å²) >= 11 is 6.50. The van der Waals surface area contributed by atoms with E-state index in [9.17, 15) is 0 Å². The molecule has 2 nitrogen and oxygen atoms in total. The van der Waals surface area contributed by atoms with Crippen LogP contribution in [0.3, 0.4) is 0 Å². The molecule has 0 rings (SSSR count). The summed E-state index contributed by atoms with van der Waals surface area (Å²) in [6, 6.07) is 0. The molecule has 0 aliphatic heterocycles. The summed E-state index contributed by atoms with van der Waals surface area (Å²) in [5, 5.41) is 0. The molecule has 0 aliphatic rings. The van der Waals surface area contributed by atoms with E-state index in [1.807, 2.05) is 0 Å². The van der Waals surface area contributed by atoms with Gasteiger partial charge in [0.25, 0.3) is 0 Å². The van der Waals surface area contributed by atoms with Gasteiger partial charge >= 0.3 is 28.3 Å².